The van der Waals surface area contributed by atoms with Crippen LogP contribution < -0.4 is 21.5 Å². The van der Waals surface area contributed by atoms with Crippen LogP contribution in [0.25, 0.3) is 0 Å². The topological polar surface area (TPSA) is 142 Å². The van der Waals surface area contributed by atoms with Gasteiger partial charge in [0, 0.05) is 32.6 Å². The highest BCUT2D eigenvalue weighted by Gasteiger charge is 2.37. The summed E-state index contributed by atoms with van der Waals surface area (Å²) in [6.07, 6.45) is 0.441. The molecule has 1 unspecified atom stereocenters. The third kappa shape index (κ3) is 2.74. The van der Waals surface area contributed by atoms with E-state index in [1.807, 2.05) is 0 Å². The SMILES string of the molecule is CCc1nc2c(c(=O)[nH]1)C(c1ccc([N+](=O)[O-])cc1)c1c(n(C)c(=O)n(C)c1=O)O2. The van der Waals surface area contributed by atoms with Gasteiger partial charge in [0.1, 0.15) is 5.82 Å². The van der Waals surface area contributed by atoms with Gasteiger partial charge in [-0.05, 0) is 5.56 Å². The number of benzene rings is 1. The highest BCUT2D eigenvalue weighted by Crippen LogP contribution is 2.42. The molecule has 4 rings (SSSR count). The predicted octanol–water partition coefficient (Wildman–Crippen LogP) is 0.924. The summed E-state index contributed by atoms with van der Waals surface area (Å²) < 4.78 is 7.87. The third-order valence-electron chi connectivity index (χ3n) is 5.16. The molecule has 0 saturated carbocycles. The normalized spacial score (nSPS) is 14.6. The largest absolute Gasteiger partial charge is 0.421 e. The smallest absolute Gasteiger partial charge is 0.333 e. The zero-order valence-corrected chi connectivity index (χ0v) is 16.3. The monoisotopic (exact) mass is 411 g/mol. The molecule has 3 heterocycles. The maximum atomic E-state index is 13.0. The Kier molecular flexibility index (Phi) is 4.37. The van der Waals surface area contributed by atoms with Crippen molar-refractivity contribution in [2.45, 2.75) is 19.3 Å². The Labute approximate surface area is 168 Å². The molecule has 11 nitrogen and oxygen atoms in total. The molecule has 1 aliphatic heterocycles. The first-order chi connectivity index (χ1) is 14.2. The van der Waals surface area contributed by atoms with E-state index in [2.05, 4.69) is 9.97 Å². The zero-order valence-electron chi connectivity index (χ0n) is 16.3. The second-order valence-corrected chi connectivity index (χ2v) is 6.89. The Morgan fingerprint density at radius 2 is 1.80 bits per heavy atom. The molecule has 0 amide bonds. The first kappa shape index (κ1) is 19.3. The van der Waals surface area contributed by atoms with Crippen molar-refractivity contribution >= 4 is 5.69 Å². The van der Waals surface area contributed by atoms with Gasteiger partial charge in [0.15, 0.2) is 0 Å². The average Bonchev–Trinajstić information content (AvgIpc) is 2.74. The lowest BCUT2D eigenvalue weighted by molar-refractivity contribution is -0.384. The quantitative estimate of drug-likeness (QED) is 0.390. The molecule has 154 valence electrons. The number of aromatic amines is 1. The number of ether oxygens (including phenoxy) is 1. The van der Waals surface area contributed by atoms with Crippen molar-refractivity contribution in [3.63, 3.8) is 0 Å². The Bertz CT molecular complexity index is 1370. The minimum absolute atomic E-state index is 0.00490. The predicted molar refractivity (Wildman–Crippen MR) is 105 cm³/mol. The van der Waals surface area contributed by atoms with E-state index in [9.17, 15) is 24.5 Å². The van der Waals surface area contributed by atoms with Gasteiger partial charge in [-0.2, -0.15) is 4.98 Å². The number of hydrogen-bond acceptors (Lipinski definition) is 7. The van der Waals surface area contributed by atoms with Crippen LogP contribution in [0, 0.1) is 10.1 Å². The van der Waals surface area contributed by atoms with Crippen molar-refractivity contribution in [1.82, 2.24) is 19.1 Å². The second-order valence-electron chi connectivity index (χ2n) is 6.89. The molecule has 0 fully saturated rings. The van der Waals surface area contributed by atoms with Gasteiger partial charge >= 0.3 is 5.69 Å². The van der Waals surface area contributed by atoms with Gasteiger partial charge in [-0.3, -0.25) is 28.8 Å². The van der Waals surface area contributed by atoms with Gasteiger partial charge < -0.3 is 9.72 Å². The minimum Gasteiger partial charge on any atom is -0.421 e. The van der Waals surface area contributed by atoms with Crippen LogP contribution >= 0.6 is 0 Å². The van der Waals surface area contributed by atoms with Gasteiger partial charge in [-0.25, -0.2) is 4.79 Å². The first-order valence-corrected chi connectivity index (χ1v) is 9.09. The molecular formula is C19H17N5O6. The number of hydrogen-bond donors (Lipinski definition) is 1. The van der Waals surface area contributed by atoms with Crippen LogP contribution in [-0.4, -0.2) is 24.0 Å². The fourth-order valence-electron chi connectivity index (χ4n) is 3.59. The molecule has 0 spiro atoms. The number of nitro groups is 1. The number of non-ortho nitro benzene ring substituents is 1. The molecule has 0 aliphatic carbocycles. The summed E-state index contributed by atoms with van der Waals surface area (Å²) in [6.45, 7) is 1.81. The van der Waals surface area contributed by atoms with E-state index in [1.54, 1.807) is 6.92 Å². The lowest BCUT2D eigenvalue weighted by Crippen LogP contribution is -2.42. The number of aryl methyl sites for hydroxylation is 1. The number of nitrogens with one attached hydrogen (secondary N) is 1. The van der Waals surface area contributed by atoms with Crippen LogP contribution in [-0.2, 0) is 20.5 Å². The fraction of sp³-hybridized carbons (Fsp3) is 0.263. The van der Waals surface area contributed by atoms with Crippen LogP contribution in [0.5, 0.6) is 11.8 Å². The van der Waals surface area contributed by atoms with E-state index in [-0.39, 0.29) is 28.6 Å². The van der Waals surface area contributed by atoms with Crippen molar-refractivity contribution in [2.24, 2.45) is 14.1 Å². The third-order valence-corrected chi connectivity index (χ3v) is 5.16. The molecule has 30 heavy (non-hydrogen) atoms. The minimum atomic E-state index is -0.919. The van der Waals surface area contributed by atoms with E-state index >= 15 is 0 Å². The molecule has 0 bridgehead atoms. The molecule has 11 heteroatoms. The number of nitro benzene ring substituents is 1. The van der Waals surface area contributed by atoms with E-state index in [4.69, 9.17) is 4.74 Å². The molecule has 0 radical (unpaired) electrons. The Morgan fingerprint density at radius 1 is 1.13 bits per heavy atom. The van der Waals surface area contributed by atoms with Crippen LogP contribution in [0.2, 0.25) is 0 Å². The highest BCUT2D eigenvalue weighted by molar-refractivity contribution is 5.54. The Balaban J connectivity index is 2.09. The van der Waals surface area contributed by atoms with Crippen LogP contribution in [0.15, 0.2) is 38.6 Å². The molecule has 3 aromatic rings. The molecule has 1 aliphatic rings. The van der Waals surface area contributed by atoms with Crippen LogP contribution in [0.4, 0.5) is 5.69 Å². The Hall–Kier alpha value is -4.02. The standard InChI is InChI=1S/C19H17N5O6/c1-4-11-20-15(25)13-12(9-5-7-10(8-6-9)24(28)29)14-17(26)22(2)19(27)23(3)18(14)30-16(13)21-11/h5-8,12H,4H2,1-3H3,(H,20,21,25). The Morgan fingerprint density at radius 3 is 2.40 bits per heavy atom. The van der Waals surface area contributed by atoms with Gasteiger partial charge in [-0.1, -0.05) is 19.1 Å². The number of aromatic nitrogens is 4. The van der Waals surface area contributed by atoms with Gasteiger partial charge in [0.25, 0.3) is 16.8 Å². The van der Waals surface area contributed by atoms with Crippen molar-refractivity contribution in [3.05, 3.63) is 88.1 Å². The van der Waals surface area contributed by atoms with Gasteiger partial charge in [-0.15, -0.1) is 0 Å². The molecular weight excluding hydrogens is 394 g/mol. The molecule has 1 atom stereocenters. The molecule has 1 aromatic carbocycles. The van der Waals surface area contributed by atoms with Gasteiger partial charge in [0.2, 0.25) is 11.8 Å². The van der Waals surface area contributed by atoms with Crippen molar-refractivity contribution in [2.75, 3.05) is 0 Å². The lowest BCUT2D eigenvalue weighted by Gasteiger charge is -2.28. The van der Waals surface area contributed by atoms with E-state index in [0.29, 0.717) is 17.8 Å². The number of nitrogens with zero attached hydrogens (tertiary/aromatic N) is 4. The summed E-state index contributed by atoms with van der Waals surface area (Å²) in [7, 11) is 2.78. The molecule has 2 aromatic heterocycles. The summed E-state index contributed by atoms with van der Waals surface area (Å²) in [4.78, 5) is 55.8. The second kappa shape index (κ2) is 6.79. The summed E-state index contributed by atoms with van der Waals surface area (Å²) >= 11 is 0. The zero-order chi connectivity index (χ0) is 21.7. The lowest BCUT2D eigenvalue weighted by atomic mass is 9.85. The van der Waals surface area contributed by atoms with Crippen molar-refractivity contribution < 1.29 is 9.66 Å². The maximum Gasteiger partial charge on any atom is 0.333 e. The maximum absolute atomic E-state index is 13.0. The number of fused-ring (bicyclic) bond motifs is 2. The summed E-state index contributed by atoms with van der Waals surface area (Å²) in [5.74, 6) is -0.551. The van der Waals surface area contributed by atoms with E-state index < -0.39 is 27.6 Å². The van der Waals surface area contributed by atoms with Gasteiger partial charge in [0.05, 0.1) is 22.0 Å². The van der Waals surface area contributed by atoms with E-state index in [0.717, 1.165) is 4.57 Å². The first-order valence-electron chi connectivity index (χ1n) is 9.09. The summed E-state index contributed by atoms with van der Waals surface area (Å²) in [5, 5.41) is 11.0. The van der Waals surface area contributed by atoms with Crippen molar-refractivity contribution in [1.29, 1.82) is 0 Å². The molecule has 0 saturated heterocycles. The van der Waals surface area contributed by atoms with Crippen LogP contribution in [0.1, 0.15) is 35.4 Å². The average molecular weight is 411 g/mol. The van der Waals surface area contributed by atoms with E-state index in [1.165, 1.54) is 42.9 Å². The number of rotatable bonds is 3. The van der Waals surface area contributed by atoms with Crippen molar-refractivity contribution in [3.8, 4) is 11.8 Å². The highest BCUT2D eigenvalue weighted by atomic mass is 16.6. The molecule has 1 N–H and O–H groups in total. The number of H-pyrrole nitrogens is 1. The fourth-order valence-corrected chi connectivity index (χ4v) is 3.59. The summed E-state index contributed by atoms with van der Waals surface area (Å²) in [5.41, 5.74) is -1.19. The van der Waals surface area contributed by atoms with Crippen LogP contribution in [0.3, 0.4) is 0 Å². The summed E-state index contributed by atoms with van der Waals surface area (Å²) in [6, 6.07) is 5.52.